The molecule has 3 rings (SSSR count). The predicted octanol–water partition coefficient (Wildman–Crippen LogP) is 3.43. The fourth-order valence-corrected chi connectivity index (χ4v) is 3.30. The van der Waals surface area contributed by atoms with Gasteiger partial charge in [0, 0.05) is 22.7 Å². The Bertz CT molecular complexity index is 908. The number of nitriles is 1. The average molecular weight is 386 g/mol. The van der Waals surface area contributed by atoms with Crippen molar-refractivity contribution in [3.63, 3.8) is 0 Å². The Labute approximate surface area is 161 Å². The summed E-state index contributed by atoms with van der Waals surface area (Å²) in [4.78, 5) is 24.5. The minimum absolute atomic E-state index is 0.0514. The zero-order valence-corrected chi connectivity index (χ0v) is 15.1. The van der Waals surface area contributed by atoms with E-state index in [4.69, 9.17) is 16.9 Å². The maximum atomic E-state index is 13.8. The van der Waals surface area contributed by atoms with Crippen molar-refractivity contribution in [1.29, 1.82) is 5.26 Å². The molecule has 27 heavy (non-hydrogen) atoms. The minimum atomic E-state index is -0.663. The van der Waals surface area contributed by atoms with Gasteiger partial charge in [0.05, 0.1) is 17.2 Å². The van der Waals surface area contributed by atoms with Gasteiger partial charge < -0.3 is 10.6 Å². The van der Waals surface area contributed by atoms with Crippen LogP contribution in [-0.2, 0) is 0 Å². The molecule has 1 aliphatic carbocycles. The van der Waals surface area contributed by atoms with Crippen molar-refractivity contribution >= 4 is 23.4 Å². The third-order valence-corrected chi connectivity index (χ3v) is 4.79. The van der Waals surface area contributed by atoms with Crippen molar-refractivity contribution in [2.75, 3.05) is 0 Å². The number of rotatable bonds is 4. The van der Waals surface area contributed by atoms with Crippen LogP contribution in [0.4, 0.5) is 4.39 Å². The summed E-state index contributed by atoms with van der Waals surface area (Å²) in [6.45, 7) is 0. The number of halogens is 2. The van der Waals surface area contributed by atoms with E-state index in [1.807, 2.05) is 6.07 Å². The van der Waals surface area contributed by atoms with Crippen LogP contribution in [0.3, 0.4) is 0 Å². The van der Waals surface area contributed by atoms with Crippen LogP contribution < -0.4 is 10.6 Å². The zero-order valence-electron chi connectivity index (χ0n) is 14.3. The SMILES string of the molecule is N#Cc1ccc(C(=O)N[C@H]2CC[C@@H](NC(=O)c3ccc(Cl)cc3F)C2)cc1. The van der Waals surface area contributed by atoms with Gasteiger partial charge in [0.2, 0.25) is 0 Å². The Morgan fingerprint density at radius 3 is 2.26 bits per heavy atom. The largest absolute Gasteiger partial charge is 0.349 e. The van der Waals surface area contributed by atoms with Crippen LogP contribution in [0.2, 0.25) is 5.02 Å². The molecular weight excluding hydrogens is 369 g/mol. The van der Waals surface area contributed by atoms with E-state index in [1.54, 1.807) is 24.3 Å². The lowest BCUT2D eigenvalue weighted by atomic mass is 10.1. The summed E-state index contributed by atoms with van der Waals surface area (Å²) in [5.74, 6) is -1.38. The average Bonchev–Trinajstić information content (AvgIpc) is 3.08. The van der Waals surface area contributed by atoms with Crippen molar-refractivity contribution in [2.24, 2.45) is 0 Å². The smallest absolute Gasteiger partial charge is 0.254 e. The quantitative estimate of drug-likeness (QED) is 0.845. The first-order valence-corrected chi connectivity index (χ1v) is 8.91. The molecule has 1 aliphatic rings. The Morgan fingerprint density at radius 1 is 1.04 bits per heavy atom. The Hall–Kier alpha value is -2.91. The fraction of sp³-hybridized carbons (Fsp3) is 0.250. The molecule has 2 amide bonds. The van der Waals surface area contributed by atoms with E-state index < -0.39 is 11.7 Å². The van der Waals surface area contributed by atoms with Crippen LogP contribution in [0.15, 0.2) is 42.5 Å². The third-order valence-electron chi connectivity index (χ3n) is 4.56. The number of hydrogen-bond acceptors (Lipinski definition) is 3. The summed E-state index contributed by atoms with van der Waals surface area (Å²) in [6, 6.07) is 12.1. The summed E-state index contributed by atoms with van der Waals surface area (Å²) in [5.41, 5.74) is 0.916. The highest BCUT2D eigenvalue weighted by atomic mass is 35.5. The second-order valence-electron chi connectivity index (χ2n) is 6.47. The third kappa shape index (κ3) is 4.63. The summed E-state index contributed by atoms with van der Waals surface area (Å²) in [7, 11) is 0. The van der Waals surface area contributed by atoms with Gasteiger partial charge in [0.1, 0.15) is 5.82 Å². The van der Waals surface area contributed by atoms with Crippen molar-refractivity contribution in [1.82, 2.24) is 10.6 Å². The number of nitrogens with zero attached hydrogens (tertiary/aromatic N) is 1. The number of carbonyl (C=O) groups excluding carboxylic acids is 2. The number of nitrogens with one attached hydrogen (secondary N) is 2. The molecule has 2 aromatic carbocycles. The highest BCUT2D eigenvalue weighted by Gasteiger charge is 2.28. The molecule has 0 radical (unpaired) electrons. The van der Waals surface area contributed by atoms with Gasteiger partial charge in [-0.1, -0.05) is 11.6 Å². The fourth-order valence-electron chi connectivity index (χ4n) is 3.15. The first-order chi connectivity index (χ1) is 13.0. The van der Waals surface area contributed by atoms with E-state index >= 15 is 0 Å². The van der Waals surface area contributed by atoms with E-state index in [1.165, 1.54) is 12.1 Å². The van der Waals surface area contributed by atoms with Crippen LogP contribution in [-0.4, -0.2) is 23.9 Å². The summed E-state index contributed by atoms with van der Waals surface area (Å²) >= 11 is 5.70. The molecule has 1 saturated carbocycles. The highest BCUT2D eigenvalue weighted by molar-refractivity contribution is 6.30. The molecule has 2 N–H and O–H groups in total. The van der Waals surface area contributed by atoms with Gasteiger partial charge in [-0.05, 0) is 61.7 Å². The first kappa shape index (κ1) is 18.9. The zero-order chi connectivity index (χ0) is 19.4. The van der Waals surface area contributed by atoms with Gasteiger partial charge in [-0.2, -0.15) is 5.26 Å². The molecule has 0 heterocycles. The van der Waals surface area contributed by atoms with Crippen molar-refractivity contribution < 1.29 is 14.0 Å². The van der Waals surface area contributed by atoms with Gasteiger partial charge in [-0.3, -0.25) is 9.59 Å². The monoisotopic (exact) mass is 385 g/mol. The molecule has 0 unspecified atom stereocenters. The van der Waals surface area contributed by atoms with Crippen LogP contribution in [0, 0.1) is 17.1 Å². The van der Waals surface area contributed by atoms with Crippen molar-refractivity contribution in [3.05, 3.63) is 70.0 Å². The Balaban J connectivity index is 1.54. The second-order valence-corrected chi connectivity index (χ2v) is 6.90. The minimum Gasteiger partial charge on any atom is -0.349 e. The molecule has 138 valence electrons. The molecule has 0 saturated heterocycles. The highest BCUT2D eigenvalue weighted by Crippen LogP contribution is 2.21. The van der Waals surface area contributed by atoms with E-state index in [-0.39, 0.29) is 28.6 Å². The molecule has 2 aromatic rings. The van der Waals surface area contributed by atoms with Crippen LogP contribution in [0.1, 0.15) is 45.5 Å². The van der Waals surface area contributed by atoms with E-state index in [0.29, 0.717) is 24.0 Å². The van der Waals surface area contributed by atoms with Gasteiger partial charge >= 0.3 is 0 Å². The van der Waals surface area contributed by atoms with Crippen molar-refractivity contribution in [3.8, 4) is 6.07 Å². The summed E-state index contributed by atoms with van der Waals surface area (Å²) in [6.07, 6.45) is 1.98. The van der Waals surface area contributed by atoms with E-state index in [9.17, 15) is 14.0 Å². The van der Waals surface area contributed by atoms with Gasteiger partial charge in [0.15, 0.2) is 0 Å². The van der Waals surface area contributed by atoms with Gasteiger partial charge in [0.25, 0.3) is 11.8 Å². The molecule has 0 spiro atoms. The van der Waals surface area contributed by atoms with Crippen LogP contribution >= 0.6 is 11.6 Å². The van der Waals surface area contributed by atoms with Gasteiger partial charge in [-0.25, -0.2) is 4.39 Å². The molecule has 1 fully saturated rings. The first-order valence-electron chi connectivity index (χ1n) is 8.53. The maximum absolute atomic E-state index is 13.8. The van der Waals surface area contributed by atoms with Crippen LogP contribution in [0.25, 0.3) is 0 Å². The Morgan fingerprint density at radius 2 is 1.67 bits per heavy atom. The number of hydrogen-bond donors (Lipinski definition) is 2. The molecule has 7 heteroatoms. The predicted molar refractivity (Wildman–Crippen MR) is 98.9 cm³/mol. The lowest BCUT2D eigenvalue weighted by Crippen LogP contribution is -2.37. The maximum Gasteiger partial charge on any atom is 0.254 e. The number of carbonyl (C=O) groups is 2. The molecule has 5 nitrogen and oxygen atoms in total. The lowest BCUT2D eigenvalue weighted by Gasteiger charge is -2.15. The van der Waals surface area contributed by atoms with E-state index in [0.717, 1.165) is 12.5 Å². The molecule has 0 aromatic heterocycles. The molecule has 0 bridgehead atoms. The topological polar surface area (TPSA) is 82.0 Å². The van der Waals surface area contributed by atoms with E-state index in [2.05, 4.69) is 10.6 Å². The summed E-state index contributed by atoms with van der Waals surface area (Å²) < 4.78 is 13.8. The van der Waals surface area contributed by atoms with Crippen LogP contribution in [0.5, 0.6) is 0 Å². The molecular formula is C20H17ClFN3O2. The standard InChI is InChI=1S/C20H17ClFN3O2/c21-14-5-8-17(18(22)9-14)20(27)25-16-7-6-15(10-16)24-19(26)13-3-1-12(11-23)2-4-13/h1-5,8-9,15-16H,6-7,10H2,(H,24,26)(H,25,27)/t15-,16+/m0/s1. The van der Waals surface area contributed by atoms with Crippen molar-refractivity contribution in [2.45, 2.75) is 31.3 Å². The summed E-state index contributed by atoms with van der Waals surface area (Å²) in [5, 5.41) is 14.8. The number of amides is 2. The molecule has 2 atom stereocenters. The normalized spacial score (nSPS) is 18.6. The second kappa shape index (κ2) is 8.19. The van der Waals surface area contributed by atoms with Gasteiger partial charge in [-0.15, -0.1) is 0 Å². The lowest BCUT2D eigenvalue weighted by molar-refractivity contribution is 0.0933. The number of benzene rings is 2. The molecule has 0 aliphatic heterocycles. The Kier molecular flexibility index (Phi) is 5.72.